The van der Waals surface area contributed by atoms with Crippen LogP contribution in [0, 0.1) is 18.3 Å². The van der Waals surface area contributed by atoms with Crippen LogP contribution in [-0.2, 0) is 6.42 Å². The average molecular weight is 208 g/mol. The SMILES string of the molecule is Cc1ccccc1Cc1ccc(C#N)cn1. The Morgan fingerprint density at radius 3 is 2.62 bits per heavy atom. The quantitative estimate of drug-likeness (QED) is 0.760. The van der Waals surface area contributed by atoms with Crippen molar-refractivity contribution in [3.63, 3.8) is 0 Å². The number of nitriles is 1. The summed E-state index contributed by atoms with van der Waals surface area (Å²) in [6.07, 6.45) is 2.44. The Morgan fingerprint density at radius 1 is 1.19 bits per heavy atom. The van der Waals surface area contributed by atoms with E-state index >= 15 is 0 Å². The second kappa shape index (κ2) is 4.59. The van der Waals surface area contributed by atoms with E-state index in [9.17, 15) is 0 Å². The van der Waals surface area contributed by atoms with Crippen LogP contribution in [0.1, 0.15) is 22.4 Å². The molecule has 0 aliphatic rings. The molecule has 2 heteroatoms. The predicted molar refractivity (Wildman–Crippen MR) is 62.9 cm³/mol. The molecule has 16 heavy (non-hydrogen) atoms. The van der Waals surface area contributed by atoms with Crippen LogP contribution in [-0.4, -0.2) is 4.98 Å². The molecule has 0 N–H and O–H groups in total. The normalized spacial score (nSPS) is 9.75. The summed E-state index contributed by atoms with van der Waals surface area (Å²) in [6.45, 7) is 2.10. The van der Waals surface area contributed by atoms with Crippen molar-refractivity contribution in [1.29, 1.82) is 5.26 Å². The molecule has 0 aliphatic heterocycles. The number of aryl methyl sites for hydroxylation is 1. The number of hydrogen-bond donors (Lipinski definition) is 0. The molecule has 2 nitrogen and oxygen atoms in total. The van der Waals surface area contributed by atoms with Gasteiger partial charge in [0.2, 0.25) is 0 Å². The van der Waals surface area contributed by atoms with Crippen molar-refractivity contribution in [3.05, 3.63) is 65.0 Å². The van der Waals surface area contributed by atoms with Crippen LogP contribution < -0.4 is 0 Å². The Hall–Kier alpha value is -2.14. The largest absolute Gasteiger partial charge is 0.260 e. The van der Waals surface area contributed by atoms with Gasteiger partial charge >= 0.3 is 0 Å². The predicted octanol–water partition coefficient (Wildman–Crippen LogP) is 2.85. The van der Waals surface area contributed by atoms with Gasteiger partial charge in [-0.15, -0.1) is 0 Å². The third kappa shape index (κ3) is 2.26. The summed E-state index contributed by atoms with van der Waals surface area (Å²) in [4.78, 5) is 4.26. The van der Waals surface area contributed by atoms with Gasteiger partial charge in [-0.2, -0.15) is 5.26 Å². The lowest BCUT2D eigenvalue weighted by molar-refractivity contribution is 1.06. The molecule has 2 rings (SSSR count). The lowest BCUT2D eigenvalue weighted by atomic mass is 10.0. The maximum absolute atomic E-state index is 8.67. The monoisotopic (exact) mass is 208 g/mol. The molecule has 2 aromatic rings. The molecule has 1 heterocycles. The maximum atomic E-state index is 8.67. The molecule has 0 amide bonds. The summed E-state index contributed by atoms with van der Waals surface area (Å²) >= 11 is 0. The van der Waals surface area contributed by atoms with E-state index in [1.807, 2.05) is 18.2 Å². The lowest BCUT2D eigenvalue weighted by Gasteiger charge is -2.04. The van der Waals surface area contributed by atoms with Crippen molar-refractivity contribution in [2.75, 3.05) is 0 Å². The molecule has 78 valence electrons. The van der Waals surface area contributed by atoms with Crippen molar-refractivity contribution >= 4 is 0 Å². The summed E-state index contributed by atoms with van der Waals surface area (Å²) in [5.74, 6) is 0. The zero-order valence-electron chi connectivity index (χ0n) is 9.14. The van der Waals surface area contributed by atoms with Gasteiger partial charge in [-0.3, -0.25) is 4.98 Å². The van der Waals surface area contributed by atoms with Gasteiger partial charge in [0, 0.05) is 18.3 Å². The molecule has 0 fully saturated rings. The highest BCUT2D eigenvalue weighted by molar-refractivity contribution is 5.32. The second-order valence-electron chi connectivity index (χ2n) is 3.75. The summed E-state index contributed by atoms with van der Waals surface area (Å²) in [5, 5.41) is 8.67. The zero-order valence-corrected chi connectivity index (χ0v) is 9.14. The van der Waals surface area contributed by atoms with Gasteiger partial charge in [-0.05, 0) is 30.2 Å². The van der Waals surface area contributed by atoms with Gasteiger partial charge in [0.25, 0.3) is 0 Å². The molecule has 0 unspecified atom stereocenters. The molecule has 0 saturated heterocycles. The molecule has 0 aliphatic carbocycles. The van der Waals surface area contributed by atoms with E-state index in [2.05, 4.69) is 30.1 Å². The Labute approximate surface area is 95.2 Å². The molecular weight excluding hydrogens is 196 g/mol. The molecule has 0 spiro atoms. The average Bonchev–Trinajstić information content (AvgIpc) is 2.33. The van der Waals surface area contributed by atoms with Gasteiger partial charge in [0.1, 0.15) is 6.07 Å². The fourth-order valence-corrected chi connectivity index (χ4v) is 1.60. The second-order valence-corrected chi connectivity index (χ2v) is 3.75. The molecule has 0 bridgehead atoms. The van der Waals surface area contributed by atoms with E-state index in [0.29, 0.717) is 5.56 Å². The number of benzene rings is 1. The van der Waals surface area contributed by atoms with E-state index in [0.717, 1.165) is 12.1 Å². The third-order valence-corrected chi connectivity index (χ3v) is 2.59. The number of pyridine rings is 1. The van der Waals surface area contributed by atoms with E-state index < -0.39 is 0 Å². The van der Waals surface area contributed by atoms with Crippen molar-refractivity contribution < 1.29 is 0 Å². The van der Waals surface area contributed by atoms with Crippen molar-refractivity contribution in [1.82, 2.24) is 4.98 Å². The van der Waals surface area contributed by atoms with E-state index in [1.54, 1.807) is 12.3 Å². The van der Waals surface area contributed by atoms with Crippen molar-refractivity contribution in [2.45, 2.75) is 13.3 Å². The first-order valence-corrected chi connectivity index (χ1v) is 5.19. The maximum Gasteiger partial charge on any atom is 0.101 e. The summed E-state index contributed by atoms with van der Waals surface area (Å²) in [5.41, 5.74) is 4.15. The minimum Gasteiger partial charge on any atom is -0.260 e. The van der Waals surface area contributed by atoms with Crippen LogP contribution in [0.4, 0.5) is 0 Å². The lowest BCUT2D eigenvalue weighted by Crippen LogP contribution is -1.94. The molecule has 0 atom stereocenters. The summed E-state index contributed by atoms with van der Waals surface area (Å²) in [6, 6.07) is 14.0. The Bertz CT molecular complexity index is 521. The van der Waals surface area contributed by atoms with Gasteiger partial charge in [0.05, 0.1) is 5.56 Å². The van der Waals surface area contributed by atoms with Crippen molar-refractivity contribution in [3.8, 4) is 6.07 Å². The molecule has 0 saturated carbocycles. The van der Waals surface area contributed by atoms with Crippen LogP contribution in [0.25, 0.3) is 0 Å². The van der Waals surface area contributed by atoms with Crippen LogP contribution in [0.2, 0.25) is 0 Å². The van der Waals surface area contributed by atoms with Gasteiger partial charge < -0.3 is 0 Å². The fraction of sp³-hybridized carbons (Fsp3) is 0.143. The molecule has 1 aromatic heterocycles. The molecule has 0 radical (unpaired) electrons. The highest BCUT2D eigenvalue weighted by Gasteiger charge is 2.00. The van der Waals surface area contributed by atoms with Crippen LogP contribution in [0.15, 0.2) is 42.6 Å². The van der Waals surface area contributed by atoms with Gasteiger partial charge in [0.15, 0.2) is 0 Å². The highest BCUT2D eigenvalue weighted by Crippen LogP contribution is 2.12. The minimum atomic E-state index is 0.605. The first-order chi connectivity index (χ1) is 7.79. The van der Waals surface area contributed by atoms with Crippen LogP contribution in [0.3, 0.4) is 0 Å². The number of nitrogens with zero attached hydrogens (tertiary/aromatic N) is 2. The van der Waals surface area contributed by atoms with E-state index in [1.165, 1.54) is 11.1 Å². The van der Waals surface area contributed by atoms with Crippen LogP contribution in [0.5, 0.6) is 0 Å². The van der Waals surface area contributed by atoms with Crippen LogP contribution >= 0.6 is 0 Å². The zero-order chi connectivity index (χ0) is 11.4. The summed E-state index contributed by atoms with van der Waals surface area (Å²) < 4.78 is 0. The summed E-state index contributed by atoms with van der Waals surface area (Å²) in [7, 11) is 0. The van der Waals surface area contributed by atoms with Crippen molar-refractivity contribution in [2.24, 2.45) is 0 Å². The number of hydrogen-bond acceptors (Lipinski definition) is 2. The smallest absolute Gasteiger partial charge is 0.101 e. The van der Waals surface area contributed by atoms with Gasteiger partial charge in [-0.25, -0.2) is 0 Å². The number of aromatic nitrogens is 1. The van der Waals surface area contributed by atoms with E-state index in [-0.39, 0.29) is 0 Å². The van der Waals surface area contributed by atoms with E-state index in [4.69, 9.17) is 5.26 Å². The first kappa shape index (κ1) is 10.4. The molecule has 1 aromatic carbocycles. The topological polar surface area (TPSA) is 36.7 Å². The standard InChI is InChI=1S/C14H12N2/c1-11-4-2-3-5-13(11)8-14-7-6-12(9-15)10-16-14/h2-7,10H,8H2,1H3. The Morgan fingerprint density at radius 2 is 2.00 bits per heavy atom. The molecular formula is C14H12N2. The fourth-order valence-electron chi connectivity index (χ4n) is 1.60. The number of rotatable bonds is 2. The van der Waals surface area contributed by atoms with Gasteiger partial charge in [-0.1, -0.05) is 24.3 Å². The first-order valence-electron chi connectivity index (χ1n) is 5.19. The third-order valence-electron chi connectivity index (χ3n) is 2.59. The Balaban J connectivity index is 2.22. The Kier molecular flexibility index (Phi) is 2.98. The highest BCUT2D eigenvalue weighted by atomic mass is 14.7. The minimum absolute atomic E-state index is 0.605.